The molecule has 6 heteroatoms. The lowest BCUT2D eigenvalue weighted by Gasteiger charge is -2.28. The number of hydrogen-bond acceptors (Lipinski definition) is 3. The van der Waals surface area contributed by atoms with Gasteiger partial charge in [0, 0.05) is 22.9 Å². The number of nitrogens with one attached hydrogen (secondary N) is 1. The van der Waals surface area contributed by atoms with Gasteiger partial charge in [-0.05, 0) is 32.9 Å². The summed E-state index contributed by atoms with van der Waals surface area (Å²) in [4.78, 5) is 12.7. The molecule has 2 rings (SSSR count). The molecule has 1 aliphatic heterocycles. The second-order valence-corrected chi connectivity index (χ2v) is 6.41. The minimum absolute atomic E-state index is 0.0626. The van der Waals surface area contributed by atoms with Crippen LogP contribution in [0.3, 0.4) is 0 Å². The summed E-state index contributed by atoms with van der Waals surface area (Å²) in [5.41, 5.74) is 1.81. The van der Waals surface area contributed by atoms with E-state index in [1.54, 1.807) is 6.92 Å². The van der Waals surface area contributed by atoms with E-state index in [9.17, 15) is 9.90 Å². The van der Waals surface area contributed by atoms with Crippen LogP contribution in [0.1, 0.15) is 45.7 Å². The van der Waals surface area contributed by atoms with Gasteiger partial charge in [-0.1, -0.05) is 0 Å². The predicted molar refractivity (Wildman–Crippen MR) is 88.5 cm³/mol. The van der Waals surface area contributed by atoms with Gasteiger partial charge in [-0.3, -0.25) is 0 Å². The van der Waals surface area contributed by atoms with Crippen molar-refractivity contribution >= 4 is 30.3 Å². The van der Waals surface area contributed by atoms with Gasteiger partial charge in [0.05, 0.1) is 19.1 Å². The molecule has 1 aliphatic rings. The van der Waals surface area contributed by atoms with Crippen LogP contribution in [0.15, 0.2) is 23.1 Å². The maximum atomic E-state index is 11.9. The van der Waals surface area contributed by atoms with Gasteiger partial charge in [-0.25, -0.2) is 4.79 Å². The average Bonchev–Trinajstić information content (AvgIpc) is 2.37. The van der Waals surface area contributed by atoms with E-state index in [1.807, 2.05) is 43.5 Å². The molecule has 120 valence electrons. The first-order valence-electron chi connectivity index (χ1n) is 7.41. The molecule has 0 radical (unpaired) electrons. The molecule has 0 fully saturated rings. The molecule has 5 nitrogen and oxygen atoms in total. The molecule has 2 atom stereocenters. The third kappa shape index (κ3) is 3.55. The van der Waals surface area contributed by atoms with E-state index in [1.165, 1.54) is 0 Å². The van der Waals surface area contributed by atoms with Gasteiger partial charge in [0.1, 0.15) is 0 Å². The Morgan fingerprint density at radius 3 is 2.77 bits per heavy atom. The molecular formula is C16H23N2O3S+. The topological polar surface area (TPSA) is 61.6 Å². The molecule has 1 amide bonds. The Balaban J connectivity index is 2.38. The lowest BCUT2D eigenvalue weighted by atomic mass is 9.93. The normalized spacial score (nSPS) is 23.0. The van der Waals surface area contributed by atoms with Crippen LogP contribution in [0.25, 0.3) is 0 Å². The van der Waals surface area contributed by atoms with Gasteiger partial charge < -0.3 is 15.2 Å². The molecule has 22 heavy (non-hydrogen) atoms. The van der Waals surface area contributed by atoms with Crippen molar-refractivity contribution in [1.82, 2.24) is 5.32 Å². The van der Waals surface area contributed by atoms with Crippen LogP contribution < -0.4 is 5.32 Å². The molecule has 1 aromatic carbocycles. The number of alkyl carbamates (subject to hydrolysis) is 1. The summed E-state index contributed by atoms with van der Waals surface area (Å²) in [6.07, 6.45) is 0.0806. The molecule has 1 heterocycles. The van der Waals surface area contributed by atoms with Crippen molar-refractivity contribution in [3.63, 3.8) is 0 Å². The van der Waals surface area contributed by atoms with Gasteiger partial charge >= 0.3 is 12.0 Å². The predicted octanol–water partition coefficient (Wildman–Crippen LogP) is 3.56. The summed E-state index contributed by atoms with van der Waals surface area (Å²) in [7, 11) is 0. The first-order valence-corrected chi connectivity index (χ1v) is 7.86. The van der Waals surface area contributed by atoms with E-state index < -0.39 is 6.09 Å². The van der Waals surface area contributed by atoms with Gasteiger partial charge in [0.2, 0.25) is 5.69 Å². The van der Waals surface area contributed by atoms with Crippen LogP contribution in [0.4, 0.5) is 10.5 Å². The zero-order chi connectivity index (χ0) is 16.4. The summed E-state index contributed by atoms with van der Waals surface area (Å²) >= 11 is 4.38. The molecule has 0 aromatic heterocycles. The standard InChI is InChI=1S/C16H22N2O3S/c1-9(2)21-16(20)17-14-7-10(3)18(11(4)19)15-6-5-12(22)8-13(14)15/h5-6,8-10,14H,7H2,1-4H3,(H2,17,20,22)/p+1/t10-,14+/m0/s1. The van der Waals surface area contributed by atoms with Crippen molar-refractivity contribution in [2.75, 3.05) is 0 Å². The summed E-state index contributed by atoms with van der Waals surface area (Å²) in [6, 6.07) is 5.60. The Labute approximate surface area is 136 Å². The molecule has 1 aromatic rings. The largest absolute Gasteiger partial charge is 0.463 e. The first kappa shape index (κ1) is 16.7. The minimum Gasteiger partial charge on any atom is -0.463 e. The number of nitrogens with zero attached hydrogens (tertiary/aromatic N) is 1. The van der Waals surface area contributed by atoms with Crippen LogP contribution in [-0.4, -0.2) is 33.8 Å². The van der Waals surface area contributed by atoms with Crippen molar-refractivity contribution in [3.05, 3.63) is 23.8 Å². The SMILES string of the molecule is CC(O)=[N+]1c2ccc(S)cc2[C@H](NC(=O)OC(C)C)C[C@@H]1C. The third-order valence-corrected chi connectivity index (χ3v) is 3.93. The van der Waals surface area contributed by atoms with Gasteiger partial charge in [-0.2, -0.15) is 4.58 Å². The average molecular weight is 323 g/mol. The number of aliphatic hydroxyl groups excluding tert-OH is 1. The van der Waals surface area contributed by atoms with Crippen molar-refractivity contribution in [2.24, 2.45) is 0 Å². The quantitative estimate of drug-likeness (QED) is 0.443. The molecule has 0 saturated heterocycles. The second-order valence-electron chi connectivity index (χ2n) is 5.90. The number of ether oxygens (including phenoxy) is 1. The number of fused-ring (bicyclic) bond motifs is 1. The number of rotatable bonds is 2. The fourth-order valence-corrected chi connectivity index (χ4v) is 3.09. The number of benzene rings is 1. The monoisotopic (exact) mass is 323 g/mol. The Hall–Kier alpha value is -1.69. The fraction of sp³-hybridized carbons (Fsp3) is 0.500. The van der Waals surface area contributed by atoms with Crippen LogP contribution in [0.2, 0.25) is 0 Å². The van der Waals surface area contributed by atoms with Crippen molar-refractivity contribution in [2.45, 2.75) is 57.2 Å². The summed E-state index contributed by atoms with van der Waals surface area (Å²) in [5.74, 6) is 0.240. The number of hydrogen-bond donors (Lipinski definition) is 3. The zero-order valence-electron chi connectivity index (χ0n) is 13.3. The van der Waals surface area contributed by atoms with E-state index in [0.717, 1.165) is 16.1 Å². The molecular weight excluding hydrogens is 300 g/mol. The van der Waals surface area contributed by atoms with Crippen molar-refractivity contribution in [1.29, 1.82) is 0 Å². The Kier molecular flexibility index (Phi) is 5.01. The Bertz CT molecular complexity index is 609. The fourth-order valence-electron chi connectivity index (χ4n) is 2.87. The first-order chi connectivity index (χ1) is 10.3. The molecule has 0 saturated carbocycles. The highest BCUT2D eigenvalue weighted by atomic mass is 32.1. The Morgan fingerprint density at radius 1 is 1.50 bits per heavy atom. The molecule has 2 N–H and O–H groups in total. The molecule has 0 spiro atoms. The summed E-state index contributed by atoms with van der Waals surface area (Å²) < 4.78 is 7.04. The van der Waals surface area contributed by atoms with Crippen molar-refractivity contribution in [3.8, 4) is 0 Å². The maximum absolute atomic E-state index is 11.9. The number of carbonyl (C=O) groups excluding carboxylic acids is 1. The number of thiol groups is 1. The second kappa shape index (κ2) is 6.60. The molecule has 0 aliphatic carbocycles. The van der Waals surface area contributed by atoms with Crippen LogP contribution in [0.5, 0.6) is 0 Å². The summed E-state index contributed by atoms with van der Waals surface area (Å²) in [5, 5.41) is 12.9. The zero-order valence-corrected chi connectivity index (χ0v) is 14.2. The highest BCUT2D eigenvalue weighted by molar-refractivity contribution is 7.80. The molecule has 0 unspecified atom stereocenters. The van der Waals surface area contributed by atoms with Crippen LogP contribution in [-0.2, 0) is 4.74 Å². The van der Waals surface area contributed by atoms with E-state index in [4.69, 9.17) is 4.74 Å². The van der Waals surface area contributed by atoms with Crippen LogP contribution in [0, 0.1) is 0 Å². The number of aliphatic hydroxyl groups is 1. The smallest absolute Gasteiger partial charge is 0.407 e. The van der Waals surface area contributed by atoms with E-state index in [0.29, 0.717) is 6.42 Å². The number of carbonyl (C=O) groups is 1. The Morgan fingerprint density at radius 2 is 2.18 bits per heavy atom. The van der Waals surface area contributed by atoms with Crippen LogP contribution >= 0.6 is 12.6 Å². The van der Waals surface area contributed by atoms with Crippen molar-refractivity contribution < 1.29 is 19.2 Å². The van der Waals surface area contributed by atoms with E-state index in [2.05, 4.69) is 17.9 Å². The van der Waals surface area contributed by atoms with Gasteiger partial charge in [-0.15, -0.1) is 12.6 Å². The highest BCUT2D eigenvalue weighted by Crippen LogP contribution is 2.37. The lowest BCUT2D eigenvalue weighted by Crippen LogP contribution is -2.39. The van der Waals surface area contributed by atoms with E-state index >= 15 is 0 Å². The van der Waals surface area contributed by atoms with Gasteiger partial charge in [0.25, 0.3) is 0 Å². The third-order valence-electron chi connectivity index (χ3n) is 3.65. The minimum atomic E-state index is -0.430. The van der Waals surface area contributed by atoms with Gasteiger partial charge in [0.15, 0.2) is 6.04 Å². The summed E-state index contributed by atoms with van der Waals surface area (Å²) in [6.45, 7) is 7.30. The number of amides is 1. The molecule has 0 bridgehead atoms. The van der Waals surface area contributed by atoms with E-state index in [-0.39, 0.29) is 24.1 Å². The highest BCUT2D eigenvalue weighted by Gasteiger charge is 2.37. The maximum Gasteiger partial charge on any atom is 0.407 e. The lowest BCUT2D eigenvalue weighted by molar-refractivity contribution is -0.496.